The van der Waals surface area contributed by atoms with Crippen LogP contribution in [-0.4, -0.2) is 12.3 Å². The van der Waals surface area contributed by atoms with Crippen molar-refractivity contribution in [2.45, 2.75) is 0 Å². The molecule has 0 radical (unpaired) electrons. The van der Waals surface area contributed by atoms with Crippen molar-refractivity contribution in [1.29, 1.82) is 5.26 Å². The summed E-state index contributed by atoms with van der Waals surface area (Å²) in [6.45, 7) is 0.842. The Labute approximate surface area is 77.6 Å². The average molecular weight is 178 g/mol. The molecule has 0 fully saturated rings. The predicted molar refractivity (Wildman–Crippen MR) is 53.5 cm³/mol. The topological polar surface area (TPSA) is 35.8 Å². The van der Waals surface area contributed by atoms with Gasteiger partial charge in [0, 0.05) is 18.0 Å². The van der Waals surface area contributed by atoms with Gasteiger partial charge in [-0.15, -0.1) is 0 Å². The summed E-state index contributed by atoms with van der Waals surface area (Å²) in [5, 5.41) is 11.7. The molecule has 0 saturated heterocycles. The maximum Gasteiger partial charge on any atom is 0.0991 e. The van der Waals surface area contributed by atoms with Crippen molar-refractivity contribution >= 4 is 18.3 Å². The van der Waals surface area contributed by atoms with Crippen LogP contribution in [0.25, 0.3) is 0 Å². The molecule has 0 unspecified atom stereocenters. The van der Waals surface area contributed by atoms with E-state index in [1.54, 1.807) is 12.1 Å². The Morgan fingerprint density at radius 1 is 1.33 bits per heavy atom. The molecule has 0 spiro atoms. The van der Waals surface area contributed by atoms with Gasteiger partial charge in [0.1, 0.15) is 0 Å². The van der Waals surface area contributed by atoms with Crippen molar-refractivity contribution in [2.75, 3.05) is 17.6 Å². The quantitative estimate of drug-likeness (QED) is 0.693. The molecule has 0 aliphatic carbocycles. The summed E-state index contributed by atoms with van der Waals surface area (Å²) in [5.74, 6) is 0.806. The summed E-state index contributed by atoms with van der Waals surface area (Å²) in [6, 6.07) is 9.43. The van der Waals surface area contributed by atoms with E-state index >= 15 is 0 Å². The van der Waals surface area contributed by atoms with Crippen LogP contribution in [0.3, 0.4) is 0 Å². The molecular formula is C9H10N2S. The summed E-state index contributed by atoms with van der Waals surface area (Å²) >= 11 is 4.07. The largest absolute Gasteiger partial charge is 0.384 e. The second-order valence-corrected chi connectivity index (χ2v) is 2.79. The number of rotatable bonds is 3. The van der Waals surface area contributed by atoms with Gasteiger partial charge in [0.25, 0.3) is 0 Å². The summed E-state index contributed by atoms with van der Waals surface area (Å²) < 4.78 is 0. The predicted octanol–water partition coefficient (Wildman–Crippen LogP) is 1.90. The molecule has 0 aliphatic rings. The lowest BCUT2D eigenvalue weighted by Crippen LogP contribution is -2.01. The highest BCUT2D eigenvalue weighted by Gasteiger charge is 1.90. The van der Waals surface area contributed by atoms with Crippen molar-refractivity contribution in [3.8, 4) is 6.07 Å². The second-order valence-electron chi connectivity index (χ2n) is 2.34. The van der Waals surface area contributed by atoms with Gasteiger partial charge in [-0.25, -0.2) is 0 Å². The van der Waals surface area contributed by atoms with Gasteiger partial charge in [0.05, 0.1) is 11.6 Å². The first-order valence-corrected chi connectivity index (χ1v) is 4.35. The van der Waals surface area contributed by atoms with Gasteiger partial charge in [0.2, 0.25) is 0 Å². The van der Waals surface area contributed by atoms with E-state index in [-0.39, 0.29) is 0 Å². The summed E-state index contributed by atoms with van der Waals surface area (Å²) in [5.41, 5.74) is 1.72. The first-order chi connectivity index (χ1) is 5.86. The molecular weight excluding hydrogens is 168 g/mol. The fraction of sp³-hybridized carbons (Fsp3) is 0.222. The van der Waals surface area contributed by atoms with Crippen LogP contribution in [0.5, 0.6) is 0 Å². The number of hydrogen-bond donors (Lipinski definition) is 2. The Morgan fingerprint density at radius 2 is 2.00 bits per heavy atom. The molecule has 0 aliphatic heterocycles. The maximum atomic E-state index is 8.52. The molecule has 0 aromatic heterocycles. The number of nitrogens with zero attached hydrogens (tertiary/aromatic N) is 1. The van der Waals surface area contributed by atoms with Crippen LogP contribution in [0.1, 0.15) is 5.56 Å². The van der Waals surface area contributed by atoms with Gasteiger partial charge in [-0.1, -0.05) is 0 Å². The van der Waals surface area contributed by atoms with E-state index in [2.05, 4.69) is 24.0 Å². The van der Waals surface area contributed by atoms with E-state index in [9.17, 15) is 0 Å². The van der Waals surface area contributed by atoms with Gasteiger partial charge in [-0.2, -0.15) is 17.9 Å². The van der Waals surface area contributed by atoms with Gasteiger partial charge in [-0.3, -0.25) is 0 Å². The van der Waals surface area contributed by atoms with Gasteiger partial charge >= 0.3 is 0 Å². The number of anilines is 1. The van der Waals surface area contributed by atoms with E-state index in [0.29, 0.717) is 5.56 Å². The summed E-state index contributed by atoms with van der Waals surface area (Å²) in [6.07, 6.45) is 0. The lowest BCUT2D eigenvalue weighted by atomic mass is 10.2. The third kappa shape index (κ3) is 2.48. The molecule has 62 valence electrons. The van der Waals surface area contributed by atoms with E-state index in [1.165, 1.54) is 0 Å². The molecule has 12 heavy (non-hydrogen) atoms. The fourth-order valence-electron chi connectivity index (χ4n) is 0.863. The Bertz CT molecular complexity index is 274. The number of benzene rings is 1. The van der Waals surface area contributed by atoms with Gasteiger partial charge in [0.15, 0.2) is 0 Å². The molecule has 1 N–H and O–H groups in total. The SMILES string of the molecule is N#Cc1ccc(NCCS)cc1. The van der Waals surface area contributed by atoms with Crippen LogP contribution >= 0.6 is 12.6 Å². The van der Waals surface area contributed by atoms with Crippen LogP contribution in [-0.2, 0) is 0 Å². The monoisotopic (exact) mass is 178 g/mol. The van der Waals surface area contributed by atoms with Crippen LogP contribution < -0.4 is 5.32 Å². The Balaban J connectivity index is 2.60. The van der Waals surface area contributed by atoms with E-state index in [1.807, 2.05) is 12.1 Å². The molecule has 0 saturated carbocycles. The number of nitriles is 1. The Kier molecular flexibility index (Phi) is 3.49. The number of nitrogens with one attached hydrogen (secondary N) is 1. The van der Waals surface area contributed by atoms with Crippen molar-refractivity contribution < 1.29 is 0 Å². The Morgan fingerprint density at radius 3 is 2.50 bits per heavy atom. The van der Waals surface area contributed by atoms with E-state index < -0.39 is 0 Å². The molecule has 1 aromatic carbocycles. The highest BCUT2D eigenvalue weighted by molar-refractivity contribution is 7.80. The van der Waals surface area contributed by atoms with E-state index in [4.69, 9.17) is 5.26 Å². The molecule has 0 atom stereocenters. The molecule has 1 rings (SSSR count). The third-order valence-corrected chi connectivity index (χ3v) is 1.68. The minimum atomic E-state index is 0.687. The lowest BCUT2D eigenvalue weighted by Gasteiger charge is -2.02. The van der Waals surface area contributed by atoms with Crippen molar-refractivity contribution in [2.24, 2.45) is 0 Å². The van der Waals surface area contributed by atoms with Gasteiger partial charge < -0.3 is 5.32 Å². The molecule has 1 aromatic rings. The summed E-state index contributed by atoms with van der Waals surface area (Å²) in [7, 11) is 0. The third-order valence-electron chi connectivity index (χ3n) is 1.45. The van der Waals surface area contributed by atoms with Crippen molar-refractivity contribution in [1.82, 2.24) is 0 Å². The molecule has 2 nitrogen and oxygen atoms in total. The molecule has 0 amide bonds. The first-order valence-electron chi connectivity index (χ1n) is 3.71. The zero-order valence-electron chi connectivity index (χ0n) is 6.62. The van der Waals surface area contributed by atoms with Crippen LogP contribution in [0.15, 0.2) is 24.3 Å². The molecule has 0 bridgehead atoms. The zero-order chi connectivity index (χ0) is 8.81. The first kappa shape index (κ1) is 8.95. The molecule has 0 heterocycles. The number of hydrogen-bond acceptors (Lipinski definition) is 3. The number of thiol groups is 1. The normalized spacial score (nSPS) is 9.00. The van der Waals surface area contributed by atoms with Crippen LogP contribution in [0, 0.1) is 11.3 Å². The lowest BCUT2D eigenvalue weighted by molar-refractivity contribution is 1.23. The highest BCUT2D eigenvalue weighted by atomic mass is 32.1. The van der Waals surface area contributed by atoms with E-state index in [0.717, 1.165) is 18.0 Å². The minimum absolute atomic E-state index is 0.687. The van der Waals surface area contributed by atoms with Gasteiger partial charge in [-0.05, 0) is 24.3 Å². The minimum Gasteiger partial charge on any atom is -0.384 e. The Hall–Kier alpha value is -1.14. The zero-order valence-corrected chi connectivity index (χ0v) is 7.51. The summed E-state index contributed by atoms with van der Waals surface area (Å²) in [4.78, 5) is 0. The fourth-order valence-corrected chi connectivity index (χ4v) is 0.975. The van der Waals surface area contributed by atoms with Crippen molar-refractivity contribution in [3.05, 3.63) is 29.8 Å². The standard InChI is InChI=1S/C9H10N2S/c10-7-8-1-3-9(4-2-8)11-5-6-12/h1-4,11-12H,5-6H2. The smallest absolute Gasteiger partial charge is 0.0991 e. The highest BCUT2D eigenvalue weighted by Crippen LogP contribution is 2.07. The average Bonchev–Trinajstić information content (AvgIpc) is 2.15. The van der Waals surface area contributed by atoms with Crippen LogP contribution in [0.4, 0.5) is 5.69 Å². The van der Waals surface area contributed by atoms with Crippen LogP contribution in [0.2, 0.25) is 0 Å². The molecule has 3 heteroatoms. The van der Waals surface area contributed by atoms with Crippen molar-refractivity contribution in [3.63, 3.8) is 0 Å². The second kappa shape index (κ2) is 4.68. The maximum absolute atomic E-state index is 8.52.